The number of anilines is 1. The smallest absolute Gasteiger partial charge is 0.244 e. The average molecular weight is 250 g/mol. The standard InChI is InChI=1S/C14H19FN2O/c1-10-6-8-14(16,9-7-10)13(18)17-12-4-2-11(15)3-5-12/h2-5,10H,6-9,16H2,1H3,(H,17,18). The van der Waals surface area contributed by atoms with E-state index in [9.17, 15) is 9.18 Å². The Balaban J connectivity index is 2.01. The number of halogens is 1. The van der Waals surface area contributed by atoms with Gasteiger partial charge >= 0.3 is 0 Å². The summed E-state index contributed by atoms with van der Waals surface area (Å²) in [5, 5.41) is 2.76. The normalized spacial score (nSPS) is 27.8. The van der Waals surface area contributed by atoms with Crippen LogP contribution in [0.3, 0.4) is 0 Å². The van der Waals surface area contributed by atoms with E-state index in [2.05, 4.69) is 12.2 Å². The van der Waals surface area contributed by atoms with E-state index in [1.807, 2.05) is 0 Å². The van der Waals surface area contributed by atoms with Gasteiger partial charge in [0.2, 0.25) is 5.91 Å². The fourth-order valence-electron chi connectivity index (χ4n) is 2.29. The number of carbonyl (C=O) groups excluding carboxylic acids is 1. The SMILES string of the molecule is CC1CCC(N)(C(=O)Nc2ccc(F)cc2)CC1. The molecule has 0 heterocycles. The van der Waals surface area contributed by atoms with Crippen LogP contribution in [0.15, 0.2) is 24.3 Å². The summed E-state index contributed by atoms with van der Waals surface area (Å²) < 4.78 is 12.8. The highest BCUT2D eigenvalue weighted by atomic mass is 19.1. The van der Waals surface area contributed by atoms with Crippen molar-refractivity contribution >= 4 is 11.6 Å². The topological polar surface area (TPSA) is 55.1 Å². The van der Waals surface area contributed by atoms with Gasteiger partial charge in [0.25, 0.3) is 0 Å². The lowest BCUT2D eigenvalue weighted by Crippen LogP contribution is -2.53. The summed E-state index contributed by atoms with van der Waals surface area (Å²) in [6.45, 7) is 2.18. The number of carbonyl (C=O) groups is 1. The van der Waals surface area contributed by atoms with E-state index in [-0.39, 0.29) is 11.7 Å². The van der Waals surface area contributed by atoms with E-state index in [1.165, 1.54) is 12.1 Å². The van der Waals surface area contributed by atoms with Crippen LogP contribution in [0, 0.1) is 11.7 Å². The van der Waals surface area contributed by atoms with Crippen LogP contribution in [0.2, 0.25) is 0 Å². The Bertz CT molecular complexity index is 422. The molecule has 0 aromatic heterocycles. The minimum atomic E-state index is -0.777. The van der Waals surface area contributed by atoms with Crippen LogP contribution < -0.4 is 11.1 Å². The quantitative estimate of drug-likeness (QED) is 0.847. The van der Waals surface area contributed by atoms with Gasteiger partial charge in [-0.1, -0.05) is 6.92 Å². The van der Waals surface area contributed by atoms with Crippen LogP contribution in [0.1, 0.15) is 32.6 Å². The zero-order chi connectivity index (χ0) is 13.2. The Hall–Kier alpha value is -1.42. The molecule has 0 spiro atoms. The second-order valence-corrected chi connectivity index (χ2v) is 5.30. The molecule has 3 nitrogen and oxygen atoms in total. The van der Waals surface area contributed by atoms with Gasteiger partial charge in [0.1, 0.15) is 5.82 Å². The Labute approximate surface area is 107 Å². The van der Waals surface area contributed by atoms with E-state index < -0.39 is 5.54 Å². The summed E-state index contributed by atoms with van der Waals surface area (Å²) in [7, 11) is 0. The monoisotopic (exact) mass is 250 g/mol. The lowest BCUT2D eigenvalue weighted by molar-refractivity contribution is -0.122. The molecule has 0 aliphatic heterocycles. The van der Waals surface area contributed by atoms with Crippen molar-refractivity contribution in [2.45, 2.75) is 38.1 Å². The van der Waals surface area contributed by atoms with Gasteiger partial charge < -0.3 is 11.1 Å². The maximum atomic E-state index is 12.8. The predicted molar refractivity (Wildman–Crippen MR) is 69.6 cm³/mol. The van der Waals surface area contributed by atoms with Gasteiger partial charge in [0, 0.05) is 5.69 Å². The molecule has 0 saturated heterocycles. The average Bonchev–Trinajstić information content (AvgIpc) is 2.36. The fraction of sp³-hybridized carbons (Fsp3) is 0.500. The van der Waals surface area contributed by atoms with Gasteiger partial charge in [-0.3, -0.25) is 4.79 Å². The maximum Gasteiger partial charge on any atom is 0.244 e. The van der Waals surface area contributed by atoms with Crippen molar-refractivity contribution in [3.8, 4) is 0 Å². The van der Waals surface area contributed by atoms with Crippen LogP contribution >= 0.6 is 0 Å². The molecule has 1 aliphatic rings. The first kappa shape index (κ1) is 13.0. The highest BCUT2D eigenvalue weighted by Gasteiger charge is 2.37. The molecule has 3 N–H and O–H groups in total. The van der Waals surface area contributed by atoms with Crippen molar-refractivity contribution in [1.82, 2.24) is 0 Å². The molecule has 1 aromatic rings. The van der Waals surface area contributed by atoms with E-state index in [0.29, 0.717) is 24.4 Å². The Morgan fingerprint density at radius 2 is 1.89 bits per heavy atom. The number of nitrogens with one attached hydrogen (secondary N) is 1. The summed E-state index contributed by atoms with van der Waals surface area (Å²) in [6.07, 6.45) is 3.38. The third kappa shape index (κ3) is 2.88. The van der Waals surface area contributed by atoms with Gasteiger partial charge in [0.05, 0.1) is 5.54 Å². The summed E-state index contributed by atoms with van der Waals surface area (Å²) in [6, 6.07) is 5.73. The summed E-state index contributed by atoms with van der Waals surface area (Å²) >= 11 is 0. The number of benzene rings is 1. The maximum absolute atomic E-state index is 12.8. The first-order valence-electron chi connectivity index (χ1n) is 6.35. The molecular formula is C14H19FN2O. The van der Waals surface area contributed by atoms with Gasteiger partial charge in [-0.15, -0.1) is 0 Å². The van der Waals surface area contributed by atoms with Gasteiger partial charge in [-0.2, -0.15) is 0 Å². The lowest BCUT2D eigenvalue weighted by Gasteiger charge is -2.34. The minimum Gasteiger partial charge on any atom is -0.324 e. The number of hydrogen-bond donors (Lipinski definition) is 2. The fourth-order valence-corrected chi connectivity index (χ4v) is 2.29. The van der Waals surface area contributed by atoms with Crippen molar-refractivity contribution in [2.24, 2.45) is 11.7 Å². The Morgan fingerprint density at radius 3 is 2.44 bits per heavy atom. The molecule has 18 heavy (non-hydrogen) atoms. The summed E-state index contributed by atoms with van der Waals surface area (Å²) in [5.74, 6) is 0.156. The van der Waals surface area contributed by atoms with Crippen LogP contribution in [-0.2, 0) is 4.79 Å². The van der Waals surface area contributed by atoms with Gasteiger partial charge in [-0.05, 0) is 55.9 Å². The molecular weight excluding hydrogens is 231 g/mol. The second kappa shape index (κ2) is 5.06. The largest absolute Gasteiger partial charge is 0.324 e. The van der Waals surface area contributed by atoms with Crippen molar-refractivity contribution in [3.05, 3.63) is 30.1 Å². The van der Waals surface area contributed by atoms with Crippen LogP contribution in [0.5, 0.6) is 0 Å². The van der Waals surface area contributed by atoms with Crippen LogP contribution in [0.25, 0.3) is 0 Å². The Kier molecular flexibility index (Phi) is 3.66. The molecule has 0 bridgehead atoms. The zero-order valence-corrected chi connectivity index (χ0v) is 10.6. The molecule has 1 aromatic carbocycles. The highest BCUT2D eigenvalue weighted by molar-refractivity contribution is 5.98. The molecule has 1 fully saturated rings. The minimum absolute atomic E-state index is 0.166. The van der Waals surface area contributed by atoms with E-state index in [1.54, 1.807) is 12.1 Å². The van der Waals surface area contributed by atoms with Crippen LogP contribution in [-0.4, -0.2) is 11.4 Å². The zero-order valence-electron chi connectivity index (χ0n) is 10.6. The number of hydrogen-bond acceptors (Lipinski definition) is 2. The van der Waals surface area contributed by atoms with E-state index in [4.69, 9.17) is 5.73 Å². The van der Waals surface area contributed by atoms with Gasteiger partial charge in [-0.25, -0.2) is 4.39 Å². The highest BCUT2D eigenvalue weighted by Crippen LogP contribution is 2.30. The van der Waals surface area contributed by atoms with Crippen molar-refractivity contribution < 1.29 is 9.18 Å². The van der Waals surface area contributed by atoms with Crippen molar-refractivity contribution in [2.75, 3.05) is 5.32 Å². The molecule has 2 rings (SSSR count). The first-order valence-corrected chi connectivity index (χ1v) is 6.35. The third-order valence-electron chi connectivity index (χ3n) is 3.72. The molecule has 0 unspecified atom stereocenters. The number of rotatable bonds is 2. The van der Waals surface area contributed by atoms with E-state index in [0.717, 1.165) is 12.8 Å². The molecule has 98 valence electrons. The lowest BCUT2D eigenvalue weighted by atomic mass is 9.77. The number of amides is 1. The van der Waals surface area contributed by atoms with Crippen LogP contribution in [0.4, 0.5) is 10.1 Å². The van der Waals surface area contributed by atoms with Crippen molar-refractivity contribution in [3.63, 3.8) is 0 Å². The molecule has 4 heteroatoms. The number of nitrogens with two attached hydrogens (primary N) is 1. The molecule has 1 amide bonds. The summed E-state index contributed by atoms with van der Waals surface area (Å²) in [5.41, 5.74) is 5.97. The predicted octanol–water partition coefficient (Wildman–Crippen LogP) is 2.67. The first-order chi connectivity index (χ1) is 8.49. The molecule has 0 radical (unpaired) electrons. The molecule has 1 aliphatic carbocycles. The van der Waals surface area contributed by atoms with E-state index >= 15 is 0 Å². The van der Waals surface area contributed by atoms with Gasteiger partial charge in [0.15, 0.2) is 0 Å². The summed E-state index contributed by atoms with van der Waals surface area (Å²) in [4.78, 5) is 12.2. The Morgan fingerprint density at radius 1 is 1.33 bits per heavy atom. The third-order valence-corrected chi connectivity index (χ3v) is 3.72. The molecule has 0 atom stereocenters. The second-order valence-electron chi connectivity index (χ2n) is 5.30. The molecule has 1 saturated carbocycles. The van der Waals surface area contributed by atoms with Crippen molar-refractivity contribution in [1.29, 1.82) is 0 Å².